The van der Waals surface area contributed by atoms with Gasteiger partial charge in [-0.05, 0) is 11.6 Å². The molecule has 2 rings (SSSR count). The van der Waals surface area contributed by atoms with Crippen molar-refractivity contribution in [1.29, 1.82) is 0 Å². The quantitative estimate of drug-likeness (QED) is 0.600. The van der Waals surface area contributed by atoms with Crippen molar-refractivity contribution in [1.82, 2.24) is 9.55 Å². The van der Waals surface area contributed by atoms with Gasteiger partial charge >= 0.3 is 5.69 Å². The lowest BCUT2D eigenvalue weighted by molar-refractivity contribution is 0.726. The van der Waals surface area contributed by atoms with E-state index in [-0.39, 0.29) is 5.69 Å². The number of thioether (sulfide) groups is 1. The molecule has 0 aliphatic carbocycles. The molecule has 1 aromatic carbocycles. The second kappa shape index (κ2) is 4.99. The second-order valence-corrected chi connectivity index (χ2v) is 4.39. The van der Waals surface area contributed by atoms with Crippen LogP contribution in [0.5, 0.6) is 0 Å². The van der Waals surface area contributed by atoms with Crippen LogP contribution in [-0.2, 0) is 12.8 Å². The summed E-state index contributed by atoms with van der Waals surface area (Å²) < 4.78 is 1.56. The van der Waals surface area contributed by atoms with E-state index in [1.165, 1.54) is 5.56 Å². The zero-order valence-electron chi connectivity index (χ0n) is 8.96. The van der Waals surface area contributed by atoms with Crippen molar-refractivity contribution in [3.8, 4) is 0 Å². The van der Waals surface area contributed by atoms with Gasteiger partial charge in [0.15, 0.2) is 0 Å². The number of aromatic nitrogens is 2. The van der Waals surface area contributed by atoms with Crippen molar-refractivity contribution < 1.29 is 0 Å². The highest BCUT2D eigenvalue weighted by Crippen LogP contribution is 2.20. The Morgan fingerprint density at radius 3 is 2.75 bits per heavy atom. The SMILES string of the molecule is Cn1c(SCc2ccccc2)ccnc1=O. The molecule has 0 radical (unpaired) electrons. The number of hydrogen-bond acceptors (Lipinski definition) is 3. The van der Waals surface area contributed by atoms with Crippen LogP contribution in [0.2, 0.25) is 0 Å². The van der Waals surface area contributed by atoms with E-state index < -0.39 is 0 Å². The molecule has 0 unspecified atom stereocenters. The van der Waals surface area contributed by atoms with Crippen molar-refractivity contribution in [2.24, 2.45) is 7.05 Å². The van der Waals surface area contributed by atoms with Gasteiger partial charge in [0.25, 0.3) is 0 Å². The maximum absolute atomic E-state index is 11.3. The predicted octanol–water partition coefficient (Wildman–Crippen LogP) is 2.07. The van der Waals surface area contributed by atoms with E-state index in [1.807, 2.05) is 24.3 Å². The fourth-order valence-electron chi connectivity index (χ4n) is 1.33. The van der Waals surface area contributed by atoms with Gasteiger partial charge in [0.1, 0.15) is 0 Å². The number of rotatable bonds is 3. The molecule has 16 heavy (non-hydrogen) atoms. The maximum atomic E-state index is 11.3. The number of nitrogens with zero attached hydrogens (tertiary/aromatic N) is 2. The lowest BCUT2D eigenvalue weighted by atomic mass is 10.2. The molecule has 0 saturated heterocycles. The lowest BCUT2D eigenvalue weighted by Gasteiger charge is -2.05. The molecule has 1 heterocycles. The van der Waals surface area contributed by atoms with Crippen LogP contribution < -0.4 is 5.69 Å². The molecule has 1 aromatic heterocycles. The Hall–Kier alpha value is -1.55. The average molecular weight is 232 g/mol. The Balaban J connectivity index is 2.11. The van der Waals surface area contributed by atoms with Crippen molar-refractivity contribution in [2.45, 2.75) is 10.8 Å². The van der Waals surface area contributed by atoms with E-state index in [0.29, 0.717) is 0 Å². The number of hydrogen-bond donors (Lipinski definition) is 0. The van der Waals surface area contributed by atoms with Crippen LogP contribution in [0.25, 0.3) is 0 Å². The zero-order valence-corrected chi connectivity index (χ0v) is 9.78. The van der Waals surface area contributed by atoms with Gasteiger partial charge in [0, 0.05) is 19.0 Å². The average Bonchev–Trinajstić information content (AvgIpc) is 2.32. The third-order valence-electron chi connectivity index (χ3n) is 2.25. The van der Waals surface area contributed by atoms with Gasteiger partial charge in [-0.1, -0.05) is 30.3 Å². The summed E-state index contributed by atoms with van der Waals surface area (Å²) in [5.74, 6) is 0.859. The summed E-state index contributed by atoms with van der Waals surface area (Å²) in [6, 6.07) is 12.0. The molecule has 0 atom stereocenters. The predicted molar refractivity (Wildman–Crippen MR) is 65.5 cm³/mol. The highest BCUT2D eigenvalue weighted by atomic mass is 32.2. The van der Waals surface area contributed by atoms with Crippen LogP contribution in [0.1, 0.15) is 5.56 Å². The summed E-state index contributed by atoms with van der Waals surface area (Å²) in [5.41, 5.74) is 1.04. The Morgan fingerprint density at radius 2 is 2.00 bits per heavy atom. The van der Waals surface area contributed by atoms with E-state index in [2.05, 4.69) is 17.1 Å². The Kier molecular flexibility index (Phi) is 3.41. The summed E-state index contributed by atoms with van der Waals surface area (Å²) in [6.45, 7) is 0. The van der Waals surface area contributed by atoms with Gasteiger partial charge < -0.3 is 0 Å². The summed E-state index contributed by atoms with van der Waals surface area (Å²) in [7, 11) is 1.74. The van der Waals surface area contributed by atoms with Crippen molar-refractivity contribution >= 4 is 11.8 Å². The van der Waals surface area contributed by atoms with E-state index in [1.54, 1.807) is 29.6 Å². The van der Waals surface area contributed by atoms with E-state index in [4.69, 9.17) is 0 Å². The molecule has 2 aromatic rings. The Bertz CT molecular complexity index is 522. The Morgan fingerprint density at radius 1 is 1.25 bits per heavy atom. The normalized spacial score (nSPS) is 10.3. The smallest absolute Gasteiger partial charge is 0.290 e. The van der Waals surface area contributed by atoms with Crippen LogP contribution in [0, 0.1) is 0 Å². The molecule has 82 valence electrons. The fourth-order valence-corrected chi connectivity index (χ4v) is 2.27. The Labute approximate surface area is 98.2 Å². The maximum Gasteiger partial charge on any atom is 0.348 e. The second-order valence-electron chi connectivity index (χ2n) is 3.40. The summed E-state index contributed by atoms with van der Waals surface area (Å²) in [4.78, 5) is 15.0. The first-order chi connectivity index (χ1) is 7.77. The minimum atomic E-state index is -0.210. The summed E-state index contributed by atoms with van der Waals surface area (Å²) in [5, 5.41) is 0.934. The molecular formula is C12H12N2OS. The monoisotopic (exact) mass is 232 g/mol. The van der Waals surface area contributed by atoms with Gasteiger partial charge in [0.2, 0.25) is 0 Å². The molecule has 0 fully saturated rings. The molecule has 0 saturated carbocycles. The topological polar surface area (TPSA) is 34.9 Å². The van der Waals surface area contributed by atoms with Gasteiger partial charge in [-0.25, -0.2) is 9.78 Å². The highest BCUT2D eigenvalue weighted by molar-refractivity contribution is 7.98. The van der Waals surface area contributed by atoms with E-state index in [0.717, 1.165) is 10.8 Å². The van der Waals surface area contributed by atoms with E-state index >= 15 is 0 Å². The molecule has 0 amide bonds. The van der Waals surface area contributed by atoms with Crippen LogP contribution in [0.15, 0.2) is 52.4 Å². The molecule has 0 aliphatic heterocycles. The molecule has 0 N–H and O–H groups in total. The molecule has 0 bridgehead atoms. The van der Waals surface area contributed by atoms with E-state index in [9.17, 15) is 4.79 Å². The molecular weight excluding hydrogens is 220 g/mol. The minimum Gasteiger partial charge on any atom is -0.290 e. The van der Waals surface area contributed by atoms with Gasteiger partial charge in [-0.15, -0.1) is 11.8 Å². The standard InChI is InChI=1S/C12H12N2OS/c1-14-11(7-8-13-12(14)15)16-9-10-5-3-2-4-6-10/h2-8H,9H2,1H3. The zero-order chi connectivity index (χ0) is 11.4. The molecule has 3 nitrogen and oxygen atoms in total. The van der Waals surface area contributed by atoms with Crippen LogP contribution >= 0.6 is 11.8 Å². The fraction of sp³-hybridized carbons (Fsp3) is 0.167. The van der Waals surface area contributed by atoms with Crippen LogP contribution in [0.3, 0.4) is 0 Å². The van der Waals surface area contributed by atoms with Crippen molar-refractivity contribution in [3.05, 3.63) is 58.6 Å². The third-order valence-corrected chi connectivity index (χ3v) is 3.43. The van der Waals surface area contributed by atoms with Gasteiger partial charge in [-0.3, -0.25) is 4.57 Å². The molecule has 0 aliphatic rings. The molecule has 4 heteroatoms. The van der Waals surface area contributed by atoms with Crippen molar-refractivity contribution in [3.63, 3.8) is 0 Å². The van der Waals surface area contributed by atoms with Crippen LogP contribution in [-0.4, -0.2) is 9.55 Å². The van der Waals surface area contributed by atoms with Crippen LogP contribution in [0.4, 0.5) is 0 Å². The minimum absolute atomic E-state index is 0.210. The van der Waals surface area contributed by atoms with Gasteiger partial charge in [-0.2, -0.15) is 0 Å². The highest BCUT2D eigenvalue weighted by Gasteiger charge is 2.00. The first-order valence-corrected chi connectivity index (χ1v) is 5.95. The third kappa shape index (κ3) is 2.52. The summed E-state index contributed by atoms with van der Waals surface area (Å²) in [6.07, 6.45) is 1.55. The first-order valence-electron chi connectivity index (χ1n) is 4.96. The number of benzene rings is 1. The first kappa shape index (κ1) is 11.0. The largest absolute Gasteiger partial charge is 0.348 e. The summed E-state index contributed by atoms with van der Waals surface area (Å²) >= 11 is 1.64. The lowest BCUT2D eigenvalue weighted by Crippen LogP contribution is -2.20. The molecule has 0 spiro atoms. The van der Waals surface area contributed by atoms with Crippen molar-refractivity contribution in [2.75, 3.05) is 0 Å². The van der Waals surface area contributed by atoms with Gasteiger partial charge in [0.05, 0.1) is 5.03 Å².